The van der Waals surface area contributed by atoms with E-state index in [9.17, 15) is 5.11 Å². The summed E-state index contributed by atoms with van der Waals surface area (Å²) in [4.78, 5) is 0. The van der Waals surface area contributed by atoms with Crippen LogP contribution in [0, 0.1) is 0 Å². The zero-order chi connectivity index (χ0) is 11.4. The first kappa shape index (κ1) is 11.4. The lowest BCUT2D eigenvalue weighted by atomic mass is 9.83. The summed E-state index contributed by atoms with van der Waals surface area (Å²) in [5, 5.41) is 10.5. The van der Waals surface area contributed by atoms with Crippen molar-refractivity contribution in [1.29, 1.82) is 0 Å². The van der Waals surface area contributed by atoms with Crippen LogP contribution < -0.4 is 0 Å². The Kier molecular flexibility index (Phi) is 3.45. The highest BCUT2D eigenvalue weighted by Crippen LogP contribution is 2.29. The van der Waals surface area contributed by atoms with E-state index in [-0.39, 0.29) is 0 Å². The molecule has 1 atom stereocenters. The van der Waals surface area contributed by atoms with Crippen molar-refractivity contribution in [2.24, 2.45) is 0 Å². The van der Waals surface area contributed by atoms with E-state index in [0.717, 1.165) is 19.3 Å². The average Bonchev–Trinajstić information content (AvgIpc) is 2.31. The standard InChI is InChI=1S/C15H20O/c1-15(16,14-10-6-3-7-11-14)12-13-8-4-2-5-9-13/h2,4-5,8-10,16H,3,6-7,11-12H2,1H3. The second-order valence-corrected chi connectivity index (χ2v) is 4.91. The van der Waals surface area contributed by atoms with Gasteiger partial charge in [-0.15, -0.1) is 0 Å². The van der Waals surface area contributed by atoms with Gasteiger partial charge in [0, 0.05) is 6.42 Å². The Morgan fingerprint density at radius 1 is 1.19 bits per heavy atom. The van der Waals surface area contributed by atoms with Crippen LogP contribution in [-0.2, 0) is 6.42 Å². The van der Waals surface area contributed by atoms with Crippen molar-refractivity contribution in [3.05, 3.63) is 47.5 Å². The largest absolute Gasteiger partial charge is 0.385 e. The molecule has 1 aromatic rings. The first-order chi connectivity index (χ1) is 7.68. The number of hydrogen-bond donors (Lipinski definition) is 1. The van der Waals surface area contributed by atoms with E-state index in [1.165, 1.54) is 24.0 Å². The Morgan fingerprint density at radius 3 is 2.56 bits per heavy atom. The third-order valence-electron chi connectivity index (χ3n) is 3.37. The fraction of sp³-hybridized carbons (Fsp3) is 0.467. The number of rotatable bonds is 3. The minimum atomic E-state index is -0.665. The molecule has 0 saturated carbocycles. The molecule has 1 N–H and O–H groups in total. The van der Waals surface area contributed by atoms with E-state index >= 15 is 0 Å². The Balaban J connectivity index is 2.10. The molecule has 0 spiro atoms. The molecule has 0 saturated heterocycles. The molecule has 1 heteroatoms. The van der Waals surface area contributed by atoms with Crippen molar-refractivity contribution < 1.29 is 5.11 Å². The lowest BCUT2D eigenvalue weighted by Gasteiger charge is -2.29. The molecule has 0 bridgehead atoms. The minimum absolute atomic E-state index is 0.665. The van der Waals surface area contributed by atoms with Gasteiger partial charge in [0.15, 0.2) is 0 Å². The lowest BCUT2D eigenvalue weighted by molar-refractivity contribution is 0.0933. The Hall–Kier alpha value is -1.08. The maximum Gasteiger partial charge on any atom is 0.0868 e. The molecule has 16 heavy (non-hydrogen) atoms. The van der Waals surface area contributed by atoms with Gasteiger partial charge < -0.3 is 5.11 Å². The van der Waals surface area contributed by atoms with Crippen molar-refractivity contribution in [3.8, 4) is 0 Å². The molecule has 0 amide bonds. The fourth-order valence-electron chi connectivity index (χ4n) is 2.43. The summed E-state index contributed by atoms with van der Waals surface area (Å²) in [7, 11) is 0. The minimum Gasteiger partial charge on any atom is -0.385 e. The molecule has 0 aliphatic heterocycles. The van der Waals surface area contributed by atoms with Gasteiger partial charge in [-0.3, -0.25) is 0 Å². The van der Waals surface area contributed by atoms with Crippen LogP contribution >= 0.6 is 0 Å². The van der Waals surface area contributed by atoms with Crippen LogP contribution in [0.2, 0.25) is 0 Å². The van der Waals surface area contributed by atoms with Gasteiger partial charge in [-0.1, -0.05) is 36.4 Å². The molecule has 0 heterocycles. The summed E-state index contributed by atoms with van der Waals surface area (Å²) >= 11 is 0. The van der Waals surface area contributed by atoms with Crippen molar-refractivity contribution >= 4 is 0 Å². The molecule has 2 rings (SSSR count). The first-order valence-corrected chi connectivity index (χ1v) is 6.14. The number of benzene rings is 1. The highest BCUT2D eigenvalue weighted by Gasteiger charge is 2.26. The molecule has 1 aromatic carbocycles. The van der Waals surface area contributed by atoms with Crippen LogP contribution in [0.15, 0.2) is 42.0 Å². The number of allylic oxidation sites excluding steroid dienone is 1. The van der Waals surface area contributed by atoms with Crippen molar-refractivity contribution in [3.63, 3.8) is 0 Å². The molecule has 0 fully saturated rings. The number of aliphatic hydroxyl groups is 1. The Bertz CT molecular complexity index is 362. The summed E-state index contributed by atoms with van der Waals surface area (Å²) in [6.07, 6.45) is 7.62. The predicted molar refractivity (Wildman–Crippen MR) is 67.3 cm³/mol. The normalized spacial score (nSPS) is 20.0. The summed E-state index contributed by atoms with van der Waals surface area (Å²) in [5.41, 5.74) is 1.77. The lowest BCUT2D eigenvalue weighted by Crippen LogP contribution is -2.30. The van der Waals surface area contributed by atoms with Crippen molar-refractivity contribution in [2.45, 2.75) is 44.6 Å². The van der Waals surface area contributed by atoms with Crippen LogP contribution in [0.3, 0.4) is 0 Å². The number of hydrogen-bond acceptors (Lipinski definition) is 1. The van der Waals surface area contributed by atoms with E-state index in [2.05, 4.69) is 18.2 Å². The van der Waals surface area contributed by atoms with Gasteiger partial charge in [0.25, 0.3) is 0 Å². The highest BCUT2D eigenvalue weighted by molar-refractivity contribution is 5.24. The predicted octanol–water partition coefficient (Wildman–Crippen LogP) is 3.48. The zero-order valence-corrected chi connectivity index (χ0v) is 9.95. The maximum absolute atomic E-state index is 10.5. The summed E-state index contributed by atoms with van der Waals surface area (Å²) in [5.74, 6) is 0. The van der Waals surface area contributed by atoms with Crippen LogP contribution in [0.1, 0.15) is 38.2 Å². The van der Waals surface area contributed by atoms with Gasteiger partial charge in [-0.05, 0) is 43.7 Å². The topological polar surface area (TPSA) is 20.2 Å². The molecule has 0 radical (unpaired) electrons. The van der Waals surface area contributed by atoms with Crippen LogP contribution in [0.4, 0.5) is 0 Å². The van der Waals surface area contributed by atoms with Crippen molar-refractivity contribution in [2.75, 3.05) is 0 Å². The third kappa shape index (κ3) is 2.73. The van der Waals surface area contributed by atoms with E-state index in [4.69, 9.17) is 0 Å². The fourth-order valence-corrected chi connectivity index (χ4v) is 2.43. The maximum atomic E-state index is 10.5. The van der Waals surface area contributed by atoms with E-state index in [0.29, 0.717) is 0 Å². The SMILES string of the molecule is CC(O)(Cc1ccccc1)C1=CCCCC1. The molecule has 0 aromatic heterocycles. The smallest absolute Gasteiger partial charge is 0.0868 e. The molecule has 1 nitrogen and oxygen atoms in total. The summed E-state index contributed by atoms with van der Waals surface area (Å²) in [6.45, 7) is 1.94. The highest BCUT2D eigenvalue weighted by atomic mass is 16.3. The van der Waals surface area contributed by atoms with Gasteiger partial charge in [0.05, 0.1) is 5.60 Å². The van der Waals surface area contributed by atoms with Crippen LogP contribution in [0.5, 0.6) is 0 Å². The quantitative estimate of drug-likeness (QED) is 0.767. The molecule has 1 aliphatic carbocycles. The van der Waals surface area contributed by atoms with Crippen molar-refractivity contribution in [1.82, 2.24) is 0 Å². The summed E-state index contributed by atoms with van der Waals surface area (Å²) in [6, 6.07) is 10.2. The Morgan fingerprint density at radius 2 is 1.94 bits per heavy atom. The average molecular weight is 216 g/mol. The second kappa shape index (κ2) is 4.84. The Labute approximate surface area is 97.8 Å². The van der Waals surface area contributed by atoms with E-state index in [1.807, 2.05) is 25.1 Å². The molecule has 86 valence electrons. The monoisotopic (exact) mass is 216 g/mol. The molecule has 1 aliphatic rings. The third-order valence-corrected chi connectivity index (χ3v) is 3.37. The zero-order valence-electron chi connectivity index (χ0n) is 9.95. The van der Waals surface area contributed by atoms with Crippen LogP contribution in [0.25, 0.3) is 0 Å². The molecule has 1 unspecified atom stereocenters. The van der Waals surface area contributed by atoms with E-state index in [1.54, 1.807) is 0 Å². The van der Waals surface area contributed by atoms with Gasteiger partial charge in [0.1, 0.15) is 0 Å². The second-order valence-electron chi connectivity index (χ2n) is 4.91. The first-order valence-electron chi connectivity index (χ1n) is 6.14. The van der Waals surface area contributed by atoms with Crippen LogP contribution in [-0.4, -0.2) is 10.7 Å². The molecular weight excluding hydrogens is 196 g/mol. The van der Waals surface area contributed by atoms with Gasteiger partial charge in [0.2, 0.25) is 0 Å². The van der Waals surface area contributed by atoms with Gasteiger partial charge >= 0.3 is 0 Å². The summed E-state index contributed by atoms with van der Waals surface area (Å²) < 4.78 is 0. The molecular formula is C15H20O. The van der Waals surface area contributed by atoms with E-state index < -0.39 is 5.60 Å². The van der Waals surface area contributed by atoms with Gasteiger partial charge in [-0.2, -0.15) is 0 Å². The van der Waals surface area contributed by atoms with Gasteiger partial charge in [-0.25, -0.2) is 0 Å².